The molecule has 0 aromatic heterocycles. The number of nitrogens with zero attached hydrogens (tertiary/aromatic N) is 1. The maximum Gasteiger partial charge on any atom is 0.216 e. The van der Waals surface area contributed by atoms with Gasteiger partial charge in [-0.3, -0.25) is 0 Å². The third-order valence-electron chi connectivity index (χ3n) is 3.53. The van der Waals surface area contributed by atoms with E-state index in [1.54, 1.807) is 6.92 Å². The van der Waals surface area contributed by atoms with E-state index in [2.05, 4.69) is 0 Å². The van der Waals surface area contributed by atoms with Crippen molar-refractivity contribution >= 4 is 29.5 Å². The summed E-state index contributed by atoms with van der Waals surface area (Å²) in [6.45, 7) is 4.25. The minimum Gasteiger partial charge on any atom is -0.227 e. The van der Waals surface area contributed by atoms with Crippen LogP contribution in [0, 0.1) is 18.3 Å². The van der Waals surface area contributed by atoms with Crippen molar-refractivity contribution in [3.05, 3.63) is 40.8 Å². The van der Waals surface area contributed by atoms with E-state index in [-0.39, 0.29) is 4.90 Å². The molecule has 0 aliphatic rings. The number of rotatable bonds is 7. The molecule has 0 spiro atoms. The molecule has 138 valence electrons. The number of hydrogen-bond acceptors (Lipinski definition) is 7. The lowest BCUT2D eigenvalue weighted by Gasteiger charge is -2.13. The fourth-order valence-corrected chi connectivity index (χ4v) is 7.22. The molecule has 0 saturated carbocycles. The smallest absolute Gasteiger partial charge is 0.216 e. The summed E-state index contributed by atoms with van der Waals surface area (Å²) in [5, 5.41) is 9.22. The zero-order chi connectivity index (χ0) is 19.5. The lowest BCUT2D eigenvalue weighted by molar-refractivity contribution is 0.583. The van der Waals surface area contributed by atoms with Crippen LogP contribution < -0.4 is 0 Å². The van der Waals surface area contributed by atoms with Crippen LogP contribution in [0.2, 0.25) is 0 Å². The summed E-state index contributed by atoms with van der Waals surface area (Å²) >= 11 is 0. The fraction of sp³-hybridized carbons (Fsp3) is 0.400. The van der Waals surface area contributed by atoms with Crippen LogP contribution in [0.3, 0.4) is 0 Å². The summed E-state index contributed by atoms with van der Waals surface area (Å²) in [4.78, 5) is -1.12. The Hall–Kier alpha value is -1.70. The van der Waals surface area contributed by atoms with E-state index in [1.807, 2.05) is 0 Å². The van der Waals surface area contributed by atoms with E-state index in [4.69, 9.17) is 0 Å². The van der Waals surface area contributed by atoms with Gasteiger partial charge in [-0.05, 0) is 25.1 Å². The predicted molar refractivity (Wildman–Crippen MR) is 94.8 cm³/mol. The van der Waals surface area contributed by atoms with Gasteiger partial charge in [-0.25, -0.2) is 25.3 Å². The van der Waals surface area contributed by atoms with Crippen LogP contribution in [-0.2, 0) is 29.5 Å². The summed E-state index contributed by atoms with van der Waals surface area (Å²) in [5.74, 6) is -1.01. The molecule has 0 heterocycles. The van der Waals surface area contributed by atoms with Gasteiger partial charge in [-0.1, -0.05) is 31.5 Å². The molecule has 0 saturated heterocycles. The number of benzene rings is 1. The molecule has 1 aromatic rings. The maximum atomic E-state index is 12.6. The number of allylic oxidation sites excluding steroid dienone is 1. The standard InChI is InChI=1S/C15H19NO6S3/c1-4-23(17,18)15(24(19,20)5-2)10-14(11-16)25(21,22)13-8-6-12(3)7-9-13/h6-10,15H,4-5H2,1-3H3/b14-10+. The Kier molecular flexibility index (Phi) is 6.55. The van der Waals surface area contributed by atoms with Gasteiger partial charge in [0.05, 0.1) is 4.90 Å². The Morgan fingerprint density at radius 2 is 1.44 bits per heavy atom. The molecule has 0 bridgehead atoms. The molecule has 0 aliphatic carbocycles. The Balaban J connectivity index is 3.64. The molecule has 7 nitrogen and oxygen atoms in total. The Labute approximate surface area is 148 Å². The molecule has 0 N–H and O–H groups in total. The van der Waals surface area contributed by atoms with Crippen LogP contribution in [0.4, 0.5) is 0 Å². The van der Waals surface area contributed by atoms with Crippen LogP contribution in [-0.4, -0.2) is 41.3 Å². The van der Waals surface area contributed by atoms with Gasteiger partial charge in [0.1, 0.15) is 11.0 Å². The van der Waals surface area contributed by atoms with Gasteiger partial charge in [0.15, 0.2) is 24.3 Å². The van der Waals surface area contributed by atoms with Gasteiger partial charge in [-0.15, -0.1) is 0 Å². The van der Waals surface area contributed by atoms with E-state index >= 15 is 0 Å². The summed E-state index contributed by atoms with van der Waals surface area (Å²) in [7, 11) is -12.7. The molecular weight excluding hydrogens is 386 g/mol. The van der Waals surface area contributed by atoms with Crippen molar-refractivity contribution in [1.82, 2.24) is 0 Å². The van der Waals surface area contributed by atoms with E-state index in [0.29, 0.717) is 6.08 Å². The fourth-order valence-electron chi connectivity index (χ4n) is 1.91. The highest BCUT2D eigenvalue weighted by Gasteiger charge is 2.36. The second kappa shape index (κ2) is 7.68. The molecule has 0 atom stereocenters. The summed E-state index contributed by atoms with van der Waals surface area (Å²) in [6.07, 6.45) is 0.521. The van der Waals surface area contributed by atoms with E-state index in [9.17, 15) is 30.5 Å². The second-order valence-corrected chi connectivity index (χ2v) is 12.3. The maximum absolute atomic E-state index is 12.6. The minimum atomic E-state index is -4.33. The second-order valence-electron chi connectivity index (χ2n) is 5.23. The summed E-state index contributed by atoms with van der Waals surface area (Å²) in [6, 6.07) is 7.00. The first kappa shape index (κ1) is 21.3. The van der Waals surface area contributed by atoms with Gasteiger partial charge in [0, 0.05) is 11.5 Å². The van der Waals surface area contributed by atoms with E-state index in [1.165, 1.54) is 44.2 Å². The van der Waals surface area contributed by atoms with Crippen LogP contribution in [0.1, 0.15) is 19.4 Å². The lowest BCUT2D eigenvalue weighted by atomic mass is 10.2. The van der Waals surface area contributed by atoms with Crippen LogP contribution in [0.5, 0.6) is 0 Å². The number of hydrogen-bond donors (Lipinski definition) is 0. The molecular formula is C15H19NO6S3. The zero-order valence-electron chi connectivity index (χ0n) is 14.0. The van der Waals surface area contributed by atoms with Crippen molar-refractivity contribution in [2.45, 2.75) is 30.2 Å². The van der Waals surface area contributed by atoms with E-state index < -0.39 is 50.5 Å². The highest BCUT2D eigenvalue weighted by atomic mass is 32.3. The molecule has 1 rings (SSSR count). The van der Waals surface area contributed by atoms with Crippen molar-refractivity contribution in [3.63, 3.8) is 0 Å². The van der Waals surface area contributed by atoms with Crippen molar-refractivity contribution in [2.24, 2.45) is 0 Å². The first-order chi connectivity index (χ1) is 11.4. The van der Waals surface area contributed by atoms with Gasteiger partial charge < -0.3 is 0 Å². The van der Waals surface area contributed by atoms with Gasteiger partial charge in [0.2, 0.25) is 9.84 Å². The third-order valence-corrected chi connectivity index (χ3v) is 10.3. The van der Waals surface area contributed by atoms with Crippen molar-refractivity contribution in [2.75, 3.05) is 11.5 Å². The summed E-state index contributed by atoms with van der Waals surface area (Å²) < 4.78 is 71.6. The van der Waals surface area contributed by atoms with Crippen molar-refractivity contribution in [1.29, 1.82) is 5.26 Å². The third kappa shape index (κ3) is 4.68. The molecule has 1 aromatic carbocycles. The molecule has 10 heteroatoms. The number of nitriles is 1. The van der Waals surface area contributed by atoms with Gasteiger partial charge in [0.25, 0.3) is 0 Å². The van der Waals surface area contributed by atoms with Crippen molar-refractivity contribution in [3.8, 4) is 6.07 Å². The Bertz CT molecular complexity index is 978. The lowest BCUT2D eigenvalue weighted by Crippen LogP contribution is -2.32. The largest absolute Gasteiger partial charge is 0.227 e. The van der Waals surface area contributed by atoms with Crippen LogP contribution in [0.15, 0.2) is 40.1 Å². The quantitative estimate of drug-likeness (QED) is 0.627. The predicted octanol–water partition coefficient (Wildman–Crippen LogP) is 1.37. The van der Waals surface area contributed by atoms with Gasteiger partial charge >= 0.3 is 0 Å². The highest BCUT2D eigenvalue weighted by molar-refractivity contribution is 8.09. The molecule has 0 radical (unpaired) electrons. The number of sulfone groups is 3. The number of aryl methyl sites for hydroxylation is 1. The van der Waals surface area contributed by atoms with Crippen LogP contribution >= 0.6 is 0 Å². The van der Waals surface area contributed by atoms with Gasteiger partial charge in [-0.2, -0.15) is 5.26 Å². The minimum absolute atomic E-state index is 0.215. The first-order valence-electron chi connectivity index (χ1n) is 7.29. The molecule has 0 fully saturated rings. The Morgan fingerprint density at radius 1 is 1.00 bits per heavy atom. The van der Waals surface area contributed by atoms with E-state index in [0.717, 1.165) is 5.56 Å². The Morgan fingerprint density at radius 3 is 1.80 bits per heavy atom. The topological polar surface area (TPSA) is 126 Å². The SMILES string of the molecule is CCS(=O)(=O)C(/C=C(\C#N)S(=O)(=O)c1ccc(C)cc1)S(=O)(=O)CC. The first-order valence-corrected chi connectivity index (χ1v) is 12.2. The highest BCUT2D eigenvalue weighted by Crippen LogP contribution is 2.23. The molecule has 0 amide bonds. The average Bonchev–Trinajstić information content (AvgIpc) is 2.55. The molecule has 0 aliphatic heterocycles. The monoisotopic (exact) mass is 405 g/mol. The van der Waals surface area contributed by atoms with Crippen LogP contribution in [0.25, 0.3) is 0 Å². The molecule has 25 heavy (non-hydrogen) atoms. The zero-order valence-corrected chi connectivity index (χ0v) is 16.4. The molecule has 0 unspecified atom stereocenters. The normalized spacial score (nSPS) is 13.6. The average molecular weight is 406 g/mol. The van der Waals surface area contributed by atoms with Crippen molar-refractivity contribution < 1.29 is 25.3 Å². The summed E-state index contributed by atoms with van der Waals surface area (Å²) in [5.41, 5.74) is 0.793.